The summed E-state index contributed by atoms with van der Waals surface area (Å²) in [6.07, 6.45) is 0.915. The first-order valence-corrected chi connectivity index (χ1v) is 7.77. The summed E-state index contributed by atoms with van der Waals surface area (Å²) >= 11 is 1.58. The van der Waals surface area contributed by atoms with Crippen molar-refractivity contribution >= 4 is 22.2 Å². The van der Waals surface area contributed by atoms with Crippen molar-refractivity contribution in [2.45, 2.75) is 34.1 Å². The molecule has 0 aromatic carbocycles. The maximum Gasteiger partial charge on any atom is 0.229 e. The number of anilines is 1. The number of nitrogens with zero attached hydrogens (tertiary/aromatic N) is 1. The summed E-state index contributed by atoms with van der Waals surface area (Å²) in [7, 11) is 0. The molecule has 4 nitrogen and oxygen atoms in total. The molecule has 0 unspecified atom stereocenters. The molecular weight excluding hydrogens is 258 g/mol. The Bertz CT molecular complexity index is 456. The average molecular weight is 281 g/mol. The first-order chi connectivity index (χ1) is 8.97. The third-order valence-corrected chi connectivity index (χ3v) is 4.43. The highest BCUT2D eigenvalue weighted by Gasteiger charge is 2.30. The molecule has 0 radical (unpaired) electrons. The number of carbonyl (C=O) groups is 1. The van der Waals surface area contributed by atoms with E-state index in [-0.39, 0.29) is 11.8 Å². The number of carbonyl (C=O) groups excluding carboxylic acids is 1. The van der Waals surface area contributed by atoms with Crippen LogP contribution in [-0.4, -0.2) is 24.0 Å². The SMILES string of the molecule is Cc1nc(CC(C)C)c(NC(=O)[C@@H]2CNC[C@H]2C)s1. The second-order valence-electron chi connectivity index (χ2n) is 5.84. The quantitative estimate of drug-likeness (QED) is 0.891. The van der Waals surface area contributed by atoms with Gasteiger partial charge in [0.2, 0.25) is 5.91 Å². The fourth-order valence-corrected chi connectivity index (χ4v) is 3.31. The predicted molar refractivity (Wildman–Crippen MR) is 79.5 cm³/mol. The highest BCUT2D eigenvalue weighted by molar-refractivity contribution is 7.16. The van der Waals surface area contributed by atoms with E-state index in [1.165, 1.54) is 0 Å². The van der Waals surface area contributed by atoms with Gasteiger partial charge in [0.15, 0.2) is 0 Å². The van der Waals surface area contributed by atoms with Gasteiger partial charge < -0.3 is 10.6 Å². The molecule has 2 heterocycles. The van der Waals surface area contributed by atoms with Gasteiger partial charge in [0, 0.05) is 6.54 Å². The highest BCUT2D eigenvalue weighted by atomic mass is 32.1. The number of nitrogens with one attached hydrogen (secondary N) is 2. The van der Waals surface area contributed by atoms with Crippen molar-refractivity contribution in [1.29, 1.82) is 0 Å². The summed E-state index contributed by atoms with van der Waals surface area (Å²) in [6, 6.07) is 0. The molecule has 0 aliphatic carbocycles. The lowest BCUT2D eigenvalue weighted by molar-refractivity contribution is -0.120. The maximum absolute atomic E-state index is 12.3. The second-order valence-corrected chi connectivity index (χ2v) is 7.04. The molecule has 1 amide bonds. The number of rotatable bonds is 4. The Kier molecular flexibility index (Phi) is 4.58. The van der Waals surface area contributed by atoms with Crippen molar-refractivity contribution in [1.82, 2.24) is 10.3 Å². The summed E-state index contributed by atoms with van der Waals surface area (Å²) in [5.41, 5.74) is 1.03. The predicted octanol–water partition coefficient (Wildman–Crippen LogP) is 2.44. The molecule has 0 saturated carbocycles. The molecule has 2 atom stereocenters. The Hall–Kier alpha value is -0.940. The van der Waals surface area contributed by atoms with E-state index in [9.17, 15) is 4.79 Å². The van der Waals surface area contributed by atoms with Gasteiger partial charge in [-0.1, -0.05) is 20.8 Å². The normalized spacial score (nSPS) is 23.0. The van der Waals surface area contributed by atoms with Crippen LogP contribution in [0.4, 0.5) is 5.00 Å². The highest BCUT2D eigenvalue weighted by Crippen LogP contribution is 2.28. The van der Waals surface area contributed by atoms with Crippen LogP contribution in [-0.2, 0) is 11.2 Å². The van der Waals surface area contributed by atoms with Crippen LogP contribution >= 0.6 is 11.3 Å². The van der Waals surface area contributed by atoms with Gasteiger partial charge in [0.25, 0.3) is 0 Å². The molecule has 1 aromatic rings. The number of amides is 1. The van der Waals surface area contributed by atoms with E-state index in [4.69, 9.17) is 0 Å². The molecule has 106 valence electrons. The molecule has 1 saturated heterocycles. The minimum atomic E-state index is 0.0781. The standard InChI is InChI=1S/C14H23N3OS/c1-8(2)5-12-14(19-10(4)16-12)17-13(18)11-7-15-6-9(11)3/h8-9,11,15H,5-7H2,1-4H3,(H,17,18)/t9-,11-/m1/s1. The van der Waals surface area contributed by atoms with E-state index in [0.717, 1.165) is 35.2 Å². The molecule has 1 fully saturated rings. The van der Waals surface area contributed by atoms with Gasteiger partial charge in [0.1, 0.15) is 5.00 Å². The zero-order valence-corrected chi connectivity index (χ0v) is 12.9. The minimum Gasteiger partial charge on any atom is -0.316 e. The lowest BCUT2D eigenvalue weighted by Crippen LogP contribution is -2.27. The zero-order valence-electron chi connectivity index (χ0n) is 12.1. The van der Waals surface area contributed by atoms with Crippen LogP contribution < -0.4 is 10.6 Å². The van der Waals surface area contributed by atoms with E-state index in [2.05, 4.69) is 36.4 Å². The van der Waals surface area contributed by atoms with Gasteiger partial charge in [0.05, 0.1) is 16.6 Å². The van der Waals surface area contributed by atoms with Gasteiger partial charge in [-0.05, 0) is 31.7 Å². The van der Waals surface area contributed by atoms with Crippen LogP contribution in [0.5, 0.6) is 0 Å². The number of hydrogen-bond acceptors (Lipinski definition) is 4. The van der Waals surface area contributed by atoms with Crippen molar-refractivity contribution in [2.24, 2.45) is 17.8 Å². The lowest BCUT2D eigenvalue weighted by Gasteiger charge is -2.14. The monoisotopic (exact) mass is 281 g/mol. The molecule has 0 spiro atoms. The first-order valence-electron chi connectivity index (χ1n) is 6.95. The van der Waals surface area contributed by atoms with E-state index < -0.39 is 0 Å². The van der Waals surface area contributed by atoms with Crippen molar-refractivity contribution in [3.63, 3.8) is 0 Å². The minimum absolute atomic E-state index is 0.0781. The van der Waals surface area contributed by atoms with Crippen LogP contribution in [0, 0.1) is 24.7 Å². The van der Waals surface area contributed by atoms with Crippen molar-refractivity contribution < 1.29 is 4.79 Å². The third kappa shape index (κ3) is 3.54. The largest absolute Gasteiger partial charge is 0.316 e. The number of hydrogen-bond donors (Lipinski definition) is 2. The van der Waals surface area contributed by atoms with E-state index in [0.29, 0.717) is 11.8 Å². The molecule has 19 heavy (non-hydrogen) atoms. The Morgan fingerprint density at radius 3 is 2.84 bits per heavy atom. The molecule has 5 heteroatoms. The second kappa shape index (κ2) is 6.01. The van der Waals surface area contributed by atoms with Crippen LogP contribution in [0.3, 0.4) is 0 Å². The number of aromatic nitrogens is 1. The van der Waals surface area contributed by atoms with Gasteiger partial charge in [-0.2, -0.15) is 0 Å². The zero-order chi connectivity index (χ0) is 14.0. The molecule has 1 aromatic heterocycles. The summed E-state index contributed by atoms with van der Waals surface area (Å²) in [6.45, 7) is 10.2. The van der Waals surface area contributed by atoms with Gasteiger partial charge in [-0.15, -0.1) is 11.3 Å². The van der Waals surface area contributed by atoms with Gasteiger partial charge >= 0.3 is 0 Å². The van der Waals surface area contributed by atoms with Crippen LogP contribution in [0.2, 0.25) is 0 Å². The fourth-order valence-electron chi connectivity index (χ4n) is 2.46. The lowest BCUT2D eigenvalue weighted by atomic mass is 9.97. The summed E-state index contributed by atoms with van der Waals surface area (Å²) in [5, 5.41) is 8.31. The topological polar surface area (TPSA) is 54.0 Å². The third-order valence-electron chi connectivity index (χ3n) is 3.50. The molecule has 1 aliphatic rings. The van der Waals surface area contributed by atoms with Crippen LogP contribution in [0.15, 0.2) is 0 Å². The number of aryl methyl sites for hydroxylation is 1. The molecule has 2 N–H and O–H groups in total. The Morgan fingerprint density at radius 1 is 1.53 bits per heavy atom. The van der Waals surface area contributed by atoms with Gasteiger partial charge in [-0.3, -0.25) is 4.79 Å². The molecule has 1 aliphatic heterocycles. The summed E-state index contributed by atoms with van der Waals surface area (Å²) in [4.78, 5) is 16.8. The average Bonchev–Trinajstić information content (AvgIpc) is 2.85. The van der Waals surface area contributed by atoms with Gasteiger partial charge in [-0.25, -0.2) is 4.98 Å². The van der Waals surface area contributed by atoms with Crippen molar-refractivity contribution in [2.75, 3.05) is 18.4 Å². The van der Waals surface area contributed by atoms with Crippen LogP contribution in [0.1, 0.15) is 31.5 Å². The Labute approximate surface area is 119 Å². The fraction of sp³-hybridized carbons (Fsp3) is 0.714. The summed E-state index contributed by atoms with van der Waals surface area (Å²) in [5.74, 6) is 1.16. The molecular formula is C14H23N3OS. The maximum atomic E-state index is 12.3. The Morgan fingerprint density at radius 2 is 2.26 bits per heavy atom. The Balaban J connectivity index is 2.07. The summed E-state index contributed by atoms with van der Waals surface area (Å²) < 4.78 is 0. The van der Waals surface area contributed by atoms with E-state index in [1.807, 2.05) is 6.92 Å². The van der Waals surface area contributed by atoms with E-state index >= 15 is 0 Å². The van der Waals surface area contributed by atoms with E-state index in [1.54, 1.807) is 11.3 Å². The van der Waals surface area contributed by atoms with Crippen LogP contribution in [0.25, 0.3) is 0 Å². The molecule has 2 rings (SSSR count). The smallest absolute Gasteiger partial charge is 0.229 e. The molecule has 0 bridgehead atoms. The van der Waals surface area contributed by atoms with Crippen molar-refractivity contribution in [3.8, 4) is 0 Å². The van der Waals surface area contributed by atoms with Crippen molar-refractivity contribution in [3.05, 3.63) is 10.7 Å². The first kappa shape index (κ1) is 14.5. The number of thiazole rings is 1.